The molecule has 7 nitrogen and oxygen atoms in total. The number of oxazole rings is 1. The highest BCUT2D eigenvalue weighted by Gasteiger charge is 2.34. The van der Waals surface area contributed by atoms with Crippen LogP contribution in [0.25, 0.3) is 39.4 Å². The van der Waals surface area contributed by atoms with Crippen LogP contribution >= 0.6 is 0 Å². The van der Waals surface area contributed by atoms with Crippen molar-refractivity contribution < 1.29 is 43.9 Å². The molecule has 0 fully saturated rings. The Balaban J connectivity index is 0.00000141. The molecule has 5 rings (SSSR count). The van der Waals surface area contributed by atoms with E-state index in [1.54, 1.807) is 18.2 Å². The molecule has 5 aromatic rings. The summed E-state index contributed by atoms with van der Waals surface area (Å²) in [6, 6.07) is 18.9. The van der Waals surface area contributed by atoms with Crippen LogP contribution in [0.1, 0.15) is 36.9 Å². The molecule has 0 spiro atoms. The van der Waals surface area contributed by atoms with Gasteiger partial charge in [-0.2, -0.15) is 26.7 Å². The van der Waals surface area contributed by atoms with E-state index in [1.165, 1.54) is 18.3 Å². The van der Waals surface area contributed by atoms with Crippen LogP contribution in [0.4, 0.5) is 26.3 Å². The van der Waals surface area contributed by atoms with E-state index in [-0.39, 0.29) is 11.7 Å². The molecular weight excluding hydrogens is 612 g/mol. The molecule has 0 N–H and O–H groups in total. The minimum Gasteiger partial charge on any atom is -0.440 e. The highest BCUT2D eigenvalue weighted by molar-refractivity contribution is 7.51. The standard InChI is InChI=1S/C30H23F6N3O2.O2S/c1-17(2)28-37-26(27(40-28)19-7-10-22(11-8-19)41-30(34,35)36)23-16-21(20-6-4-5-18(3)15-20)9-12-24(23)39-14-13-25(38-39)29(31,32)33;1-3-2/h4-17H,1-3H3;. The zero-order chi connectivity index (χ0) is 32.2. The Kier molecular flexibility index (Phi) is 9.42. The number of aryl methyl sites for hydroxylation is 1. The van der Waals surface area contributed by atoms with E-state index in [0.29, 0.717) is 28.4 Å². The predicted molar refractivity (Wildman–Crippen MR) is 149 cm³/mol. The zero-order valence-corrected chi connectivity index (χ0v) is 24.1. The molecule has 14 heteroatoms. The number of nitrogens with zero attached hydrogens (tertiary/aromatic N) is 3. The maximum absolute atomic E-state index is 13.4. The maximum Gasteiger partial charge on any atom is 0.573 e. The van der Waals surface area contributed by atoms with Gasteiger partial charge in [0.2, 0.25) is 0 Å². The number of ether oxygens (including phenoxy) is 1. The fourth-order valence-electron chi connectivity index (χ4n) is 4.31. The second-order valence-electron chi connectivity index (χ2n) is 9.77. The summed E-state index contributed by atoms with van der Waals surface area (Å²) in [6.07, 6.45) is -8.29. The van der Waals surface area contributed by atoms with Crippen LogP contribution in [0.15, 0.2) is 83.4 Å². The first-order valence-electron chi connectivity index (χ1n) is 12.8. The monoisotopic (exact) mass is 635 g/mol. The third-order valence-corrected chi connectivity index (χ3v) is 6.22. The number of rotatable bonds is 6. The lowest BCUT2D eigenvalue weighted by Gasteiger charge is -2.13. The van der Waals surface area contributed by atoms with Crippen molar-refractivity contribution in [2.24, 2.45) is 0 Å². The lowest BCUT2D eigenvalue weighted by molar-refractivity contribution is -0.274. The van der Waals surface area contributed by atoms with Gasteiger partial charge >= 0.3 is 24.1 Å². The Morgan fingerprint density at radius 1 is 0.864 bits per heavy atom. The molecule has 0 radical (unpaired) electrons. The number of aromatic nitrogens is 3. The van der Waals surface area contributed by atoms with Crippen molar-refractivity contribution in [3.63, 3.8) is 0 Å². The molecule has 0 unspecified atom stereocenters. The Labute approximate surface area is 250 Å². The number of hydrogen-bond donors (Lipinski definition) is 0. The van der Waals surface area contributed by atoms with Gasteiger partial charge in [0.15, 0.2) is 17.3 Å². The Morgan fingerprint density at radius 2 is 1.50 bits per heavy atom. The topological polar surface area (TPSA) is 87.2 Å². The van der Waals surface area contributed by atoms with Crippen LogP contribution in [-0.4, -0.2) is 29.5 Å². The summed E-state index contributed by atoms with van der Waals surface area (Å²) >= 11 is -0.750. The summed E-state index contributed by atoms with van der Waals surface area (Å²) in [5.41, 5.74) is 3.02. The van der Waals surface area contributed by atoms with E-state index in [0.717, 1.165) is 39.6 Å². The average Bonchev–Trinajstić information content (AvgIpc) is 3.62. The molecule has 0 aliphatic carbocycles. The van der Waals surface area contributed by atoms with Crippen LogP contribution in [-0.2, 0) is 17.7 Å². The van der Waals surface area contributed by atoms with E-state index in [9.17, 15) is 26.3 Å². The quantitative estimate of drug-likeness (QED) is 0.174. The van der Waals surface area contributed by atoms with Crippen molar-refractivity contribution in [1.29, 1.82) is 0 Å². The van der Waals surface area contributed by atoms with Gasteiger partial charge in [0.25, 0.3) is 0 Å². The number of hydrogen-bond acceptors (Lipinski definition) is 6. The van der Waals surface area contributed by atoms with Gasteiger partial charge in [0.05, 0.1) is 5.69 Å². The van der Waals surface area contributed by atoms with Gasteiger partial charge in [-0.25, -0.2) is 9.67 Å². The van der Waals surface area contributed by atoms with E-state index in [1.807, 2.05) is 45.0 Å². The zero-order valence-electron chi connectivity index (χ0n) is 23.2. The van der Waals surface area contributed by atoms with E-state index >= 15 is 0 Å². The predicted octanol–water partition coefficient (Wildman–Crippen LogP) is 8.54. The number of halogens is 6. The average molecular weight is 636 g/mol. The molecule has 230 valence electrons. The van der Waals surface area contributed by atoms with Crippen molar-refractivity contribution in [2.75, 3.05) is 0 Å². The summed E-state index contributed by atoms with van der Waals surface area (Å²) in [7, 11) is 0. The van der Waals surface area contributed by atoms with Crippen molar-refractivity contribution in [1.82, 2.24) is 14.8 Å². The molecule has 0 aliphatic rings. The first-order valence-corrected chi connectivity index (χ1v) is 13.5. The van der Waals surface area contributed by atoms with E-state index in [4.69, 9.17) is 17.8 Å². The second-order valence-corrected chi connectivity index (χ2v) is 9.91. The molecule has 0 bridgehead atoms. The molecule has 2 heterocycles. The summed E-state index contributed by atoms with van der Waals surface area (Å²) < 4.78 is 106. The first kappa shape index (κ1) is 32.2. The van der Waals surface area contributed by atoms with Crippen LogP contribution in [0.2, 0.25) is 0 Å². The molecule has 0 saturated heterocycles. The normalized spacial score (nSPS) is 11.7. The summed E-state index contributed by atoms with van der Waals surface area (Å²) in [4.78, 5) is 4.69. The third kappa shape index (κ3) is 7.61. The van der Waals surface area contributed by atoms with Gasteiger partial charge < -0.3 is 9.15 Å². The van der Waals surface area contributed by atoms with Crippen LogP contribution < -0.4 is 4.74 Å². The SMILES string of the molecule is Cc1cccc(-c2ccc(-n3ccc(C(F)(F)F)n3)c(-c3nc(C(C)C)oc3-c3ccc(OC(F)(F)F)cc3)c2)c1.O=S=O. The third-order valence-electron chi connectivity index (χ3n) is 6.22. The van der Waals surface area contributed by atoms with Crippen molar-refractivity contribution >= 4 is 11.6 Å². The summed E-state index contributed by atoms with van der Waals surface area (Å²) in [5.74, 6) is -0.00268. The molecular formula is C30H23F6N3O4S. The number of benzene rings is 3. The Bertz CT molecular complexity index is 1790. The van der Waals surface area contributed by atoms with Crippen molar-refractivity contribution in [3.8, 4) is 45.1 Å². The molecule has 0 atom stereocenters. The number of alkyl halides is 6. The van der Waals surface area contributed by atoms with Gasteiger partial charge in [-0.05, 0) is 60.5 Å². The van der Waals surface area contributed by atoms with E-state index in [2.05, 4.69) is 9.84 Å². The molecule has 0 aliphatic heterocycles. The highest BCUT2D eigenvalue weighted by Crippen LogP contribution is 2.40. The Hall–Kier alpha value is -4.72. The summed E-state index contributed by atoms with van der Waals surface area (Å²) in [5, 5.41) is 3.75. The summed E-state index contributed by atoms with van der Waals surface area (Å²) in [6.45, 7) is 5.65. The van der Waals surface area contributed by atoms with Gasteiger partial charge in [-0.15, -0.1) is 13.2 Å². The fraction of sp³-hybridized carbons (Fsp3) is 0.200. The highest BCUT2D eigenvalue weighted by atomic mass is 32.1. The van der Waals surface area contributed by atoms with Crippen LogP contribution in [0.5, 0.6) is 5.75 Å². The van der Waals surface area contributed by atoms with Gasteiger partial charge in [0.1, 0.15) is 11.4 Å². The maximum atomic E-state index is 13.4. The fourth-order valence-corrected chi connectivity index (χ4v) is 4.31. The lowest BCUT2D eigenvalue weighted by Crippen LogP contribution is -2.16. The smallest absolute Gasteiger partial charge is 0.440 e. The van der Waals surface area contributed by atoms with E-state index < -0.39 is 35.6 Å². The molecule has 44 heavy (non-hydrogen) atoms. The Morgan fingerprint density at radius 3 is 2.07 bits per heavy atom. The van der Waals surface area contributed by atoms with Crippen molar-refractivity contribution in [3.05, 3.63) is 96.1 Å². The van der Waals surface area contributed by atoms with Crippen LogP contribution in [0, 0.1) is 6.92 Å². The second kappa shape index (κ2) is 12.9. The molecule has 3 aromatic carbocycles. The van der Waals surface area contributed by atoms with Crippen molar-refractivity contribution in [2.45, 2.75) is 39.2 Å². The lowest BCUT2D eigenvalue weighted by atomic mass is 9.97. The van der Waals surface area contributed by atoms with Gasteiger partial charge in [-0.3, -0.25) is 0 Å². The minimum absolute atomic E-state index is 0.166. The molecule has 0 saturated carbocycles. The molecule has 2 aromatic heterocycles. The van der Waals surface area contributed by atoms with Gasteiger partial charge in [0, 0.05) is 23.2 Å². The first-order chi connectivity index (χ1) is 20.7. The molecule has 0 amide bonds. The van der Waals surface area contributed by atoms with Crippen LogP contribution in [0.3, 0.4) is 0 Å². The van der Waals surface area contributed by atoms with Gasteiger partial charge in [-0.1, -0.05) is 49.7 Å². The largest absolute Gasteiger partial charge is 0.573 e. The minimum atomic E-state index is -4.85.